The lowest BCUT2D eigenvalue weighted by Crippen LogP contribution is -2.30. The van der Waals surface area contributed by atoms with Crippen molar-refractivity contribution < 1.29 is 14.3 Å². The van der Waals surface area contributed by atoms with Crippen LogP contribution in [0.2, 0.25) is 5.02 Å². The van der Waals surface area contributed by atoms with Crippen molar-refractivity contribution in [3.63, 3.8) is 0 Å². The quantitative estimate of drug-likeness (QED) is 0.904. The zero-order valence-electron chi connectivity index (χ0n) is 12.7. The van der Waals surface area contributed by atoms with Crippen molar-refractivity contribution in [3.8, 4) is 11.5 Å². The van der Waals surface area contributed by atoms with Crippen LogP contribution in [0.25, 0.3) is 0 Å². The maximum Gasteiger partial charge on any atom is 0.265 e. The third-order valence-corrected chi connectivity index (χ3v) is 3.60. The molecule has 2 rings (SSSR count). The highest BCUT2D eigenvalue weighted by Gasteiger charge is 2.16. The van der Waals surface area contributed by atoms with Crippen LogP contribution in [0.4, 0.5) is 5.69 Å². The van der Waals surface area contributed by atoms with E-state index in [1.807, 2.05) is 19.1 Å². The number of ether oxygens (including phenoxy) is 2. The van der Waals surface area contributed by atoms with Crippen LogP contribution < -0.4 is 14.8 Å². The number of halogens is 1. The van der Waals surface area contributed by atoms with Crippen LogP contribution >= 0.6 is 11.6 Å². The topological polar surface area (TPSA) is 47.6 Å². The van der Waals surface area contributed by atoms with Crippen LogP contribution in [0.15, 0.2) is 42.5 Å². The number of nitrogens with one attached hydrogen (secondary N) is 1. The predicted molar refractivity (Wildman–Crippen MR) is 87.9 cm³/mol. The van der Waals surface area contributed by atoms with E-state index in [1.54, 1.807) is 44.4 Å². The Morgan fingerprint density at radius 2 is 1.95 bits per heavy atom. The summed E-state index contributed by atoms with van der Waals surface area (Å²) in [7, 11) is 1.56. The minimum Gasteiger partial charge on any atom is -0.495 e. The molecule has 1 amide bonds. The summed E-state index contributed by atoms with van der Waals surface area (Å²) in [5, 5.41) is 3.46. The first-order chi connectivity index (χ1) is 10.5. The van der Waals surface area contributed by atoms with Gasteiger partial charge in [-0.25, -0.2) is 0 Å². The van der Waals surface area contributed by atoms with Crippen LogP contribution in [-0.2, 0) is 4.79 Å². The summed E-state index contributed by atoms with van der Waals surface area (Å²) in [6.07, 6.45) is -0.648. The van der Waals surface area contributed by atoms with E-state index in [9.17, 15) is 4.79 Å². The monoisotopic (exact) mass is 319 g/mol. The predicted octanol–water partition coefficient (Wildman–Crippen LogP) is 4.06. The van der Waals surface area contributed by atoms with Gasteiger partial charge in [-0.2, -0.15) is 0 Å². The second-order valence-corrected chi connectivity index (χ2v) is 5.27. The summed E-state index contributed by atoms with van der Waals surface area (Å²) >= 11 is 5.97. The molecule has 0 fully saturated rings. The lowest BCUT2D eigenvalue weighted by molar-refractivity contribution is -0.122. The highest BCUT2D eigenvalue weighted by atomic mass is 35.5. The van der Waals surface area contributed by atoms with Gasteiger partial charge in [0.2, 0.25) is 0 Å². The molecule has 5 heteroatoms. The number of hydrogen-bond acceptors (Lipinski definition) is 3. The number of para-hydroxylation sites is 2. The molecule has 0 aliphatic heterocycles. The van der Waals surface area contributed by atoms with Crippen molar-refractivity contribution in [1.82, 2.24) is 0 Å². The molecule has 0 heterocycles. The first-order valence-corrected chi connectivity index (χ1v) is 7.25. The summed E-state index contributed by atoms with van der Waals surface area (Å²) in [6.45, 7) is 3.57. The molecule has 0 saturated carbocycles. The van der Waals surface area contributed by atoms with Gasteiger partial charge in [-0.05, 0) is 49.7 Å². The molecular formula is C17H18ClNO3. The molecule has 2 aromatic carbocycles. The molecule has 0 radical (unpaired) electrons. The van der Waals surface area contributed by atoms with Gasteiger partial charge >= 0.3 is 0 Å². The fourth-order valence-corrected chi connectivity index (χ4v) is 2.05. The van der Waals surface area contributed by atoms with E-state index < -0.39 is 6.10 Å². The Balaban J connectivity index is 2.04. The van der Waals surface area contributed by atoms with Crippen LogP contribution in [-0.4, -0.2) is 19.1 Å². The lowest BCUT2D eigenvalue weighted by Gasteiger charge is -2.16. The third kappa shape index (κ3) is 3.92. The van der Waals surface area contributed by atoms with E-state index in [2.05, 4.69) is 5.32 Å². The first-order valence-electron chi connectivity index (χ1n) is 6.88. The zero-order valence-corrected chi connectivity index (χ0v) is 13.5. The Labute approximate surface area is 135 Å². The fraction of sp³-hybridized carbons (Fsp3) is 0.235. The van der Waals surface area contributed by atoms with E-state index in [0.29, 0.717) is 22.2 Å². The number of rotatable bonds is 5. The van der Waals surface area contributed by atoms with Gasteiger partial charge in [-0.15, -0.1) is 0 Å². The molecule has 1 N–H and O–H groups in total. The van der Waals surface area contributed by atoms with Crippen molar-refractivity contribution in [1.29, 1.82) is 0 Å². The summed E-state index contributed by atoms with van der Waals surface area (Å²) in [4.78, 5) is 12.2. The van der Waals surface area contributed by atoms with Crippen molar-refractivity contribution in [2.45, 2.75) is 20.0 Å². The number of carbonyl (C=O) groups is 1. The molecule has 116 valence electrons. The molecule has 0 saturated heterocycles. The number of hydrogen-bond donors (Lipinski definition) is 1. The Kier molecular flexibility index (Phi) is 5.28. The SMILES string of the molecule is COc1ccccc1NC(=O)[C@@H](C)Oc1ccc(Cl)c(C)c1. The summed E-state index contributed by atoms with van der Waals surface area (Å²) in [5.74, 6) is 0.951. The van der Waals surface area contributed by atoms with Gasteiger partial charge in [0.25, 0.3) is 5.91 Å². The van der Waals surface area contributed by atoms with E-state index in [1.165, 1.54) is 0 Å². The highest BCUT2D eigenvalue weighted by molar-refractivity contribution is 6.31. The minimum absolute atomic E-state index is 0.253. The molecule has 0 aliphatic rings. The molecule has 0 spiro atoms. The molecule has 2 aromatic rings. The molecule has 0 bridgehead atoms. The number of aryl methyl sites for hydroxylation is 1. The average molecular weight is 320 g/mol. The van der Waals surface area contributed by atoms with E-state index in [4.69, 9.17) is 21.1 Å². The van der Waals surface area contributed by atoms with Crippen molar-refractivity contribution >= 4 is 23.2 Å². The zero-order chi connectivity index (χ0) is 16.1. The van der Waals surface area contributed by atoms with Gasteiger partial charge in [0.15, 0.2) is 6.10 Å². The van der Waals surface area contributed by atoms with E-state index in [-0.39, 0.29) is 5.91 Å². The molecule has 4 nitrogen and oxygen atoms in total. The minimum atomic E-state index is -0.648. The van der Waals surface area contributed by atoms with Crippen molar-refractivity contribution in [2.24, 2.45) is 0 Å². The molecule has 0 aromatic heterocycles. The maximum atomic E-state index is 12.2. The third-order valence-electron chi connectivity index (χ3n) is 3.18. The largest absolute Gasteiger partial charge is 0.495 e. The van der Waals surface area contributed by atoms with Gasteiger partial charge in [0, 0.05) is 5.02 Å². The Hall–Kier alpha value is -2.20. The van der Waals surface area contributed by atoms with Crippen molar-refractivity contribution in [3.05, 3.63) is 53.1 Å². The average Bonchev–Trinajstić information content (AvgIpc) is 2.51. The number of amides is 1. The normalized spacial score (nSPS) is 11.6. The number of benzene rings is 2. The van der Waals surface area contributed by atoms with Gasteiger partial charge in [0.05, 0.1) is 12.8 Å². The molecule has 0 unspecified atom stereocenters. The summed E-state index contributed by atoms with van der Waals surface area (Å²) in [5.41, 5.74) is 1.51. The smallest absolute Gasteiger partial charge is 0.265 e. The maximum absolute atomic E-state index is 12.2. The van der Waals surface area contributed by atoms with E-state index in [0.717, 1.165) is 5.56 Å². The van der Waals surface area contributed by atoms with Crippen molar-refractivity contribution in [2.75, 3.05) is 12.4 Å². The van der Waals surface area contributed by atoms with Gasteiger partial charge in [-0.1, -0.05) is 23.7 Å². The fourth-order valence-electron chi connectivity index (χ4n) is 1.93. The molecule has 1 atom stereocenters. The standard InChI is InChI=1S/C17H18ClNO3/c1-11-10-13(8-9-14(11)18)22-12(2)17(20)19-15-6-4-5-7-16(15)21-3/h4-10,12H,1-3H3,(H,19,20)/t12-/m1/s1. The Morgan fingerprint density at radius 3 is 2.64 bits per heavy atom. The van der Waals surface area contributed by atoms with Crippen LogP contribution in [0.3, 0.4) is 0 Å². The van der Waals surface area contributed by atoms with Gasteiger partial charge in [-0.3, -0.25) is 4.79 Å². The second kappa shape index (κ2) is 7.18. The Bertz CT molecular complexity index is 673. The van der Waals surface area contributed by atoms with Gasteiger partial charge in [0.1, 0.15) is 11.5 Å². The first kappa shape index (κ1) is 16.2. The molecule has 22 heavy (non-hydrogen) atoms. The lowest BCUT2D eigenvalue weighted by atomic mass is 10.2. The van der Waals surface area contributed by atoms with Crippen LogP contribution in [0.5, 0.6) is 11.5 Å². The summed E-state index contributed by atoms with van der Waals surface area (Å²) in [6, 6.07) is 12.5. The van der Waals surface area contributed by atoms with Gasteiger partial charge < -0.3 is 14.8 Å². The second-order valence-electron chi connectivity index (χ2n) is 4.86. The number of methoxy groups -OCH3 is 1. The highest BCUT2D eigenvalue weighted by Crippen LogP contribution is 2.24. The number of anilines is 1. The van der Waals surface area contributed by atoms with Crippen LogP contribution in [0.1, 0.15) is 12.5 Å². The molecular weight excluding hydrogens is 302 g/mol. The van der Waals surface area contributed by atoms with E-state index >= 15 is 0 Å². The summed E-state index contributed by atoms with van der Waals surface area (Å²) < 4.78 is 10.8. The number of carbonyl (C=O) groups excluding carboxylic acids is 1. The van der Waals surface area contributed by atoms with Crippen LogP contribution in [0, 0.1) is 6.92 Å². The molecule has 0 aliphatic carbocycles. The Morgan fingerprint density at radius 1 is 1.23 bits per heavy atom.